The van der Waals surface area contributed by atoms with Gasteiger partial charge in [-0.1, -0.05) is 25.1 Å². The van der Waals surface area contributed by atoms with Crippen LogP contribution in [0.2, 0.25) is 0 Å². The minimum atomic E-state index is -0.890. The van der Waals surface area contributed by atoms with E-state index in [1.807, 2.05) is 19.1 Å². The Hall–Kier alpha value is -4.51. The summed E-state index contributed by atoms with van der Waals surface area (Å²) in [6.07, 6.45) is 2.22. The highest BCUT2D eigenvalue weighted by atomic mass is 32.2. The Morgan fingerprint density at radius 1 is 1.03 bits per heavy atom. The summed E-state index contributed by atoms with van der Waals surface area (Å²) in [6.45, 7) is 1.99. The van der Waals surface area contributed by atoms with Gasteiger partial charge in [-0.15, -0.1) is 10.2 Å². The number of nitrogens with zero attached hydrogens (tertiary/aromatic N) is 3. The summed E-state index contributed by atoms with van der Waals surface area (Å²) in [5.74, 6) is -3.04. The van der Waals surface area contributed by atoms with Crippen LogP contribution < -0.4 is 5.32 Å². The van der Waals surface area contributed by atoms with Crippen molar-refractivity contribution in [3.63, 3.8) is 0 Å². The molecule has 1 saturated heterocycles. The molecule has 1 aromatic heterocycles. The number of halogens is 2. The normalized spacial score (nSPS) is 14.8. The number of hydrogen-bond donors (Lipinski definition) is 3. The first-order valence-corrected chi connectivity index (χ1v) is 11.9. The van der Waals surface area contributed by atoms with Crippen molar-refractivity contribution < 1.29 is 28.6 Å². The van der Waals surface area contributed by atoms with Crippen molar-refractivity contribution in [1.29, 1.82) is 0 Å². The molecule has 5 rings (SSSR count). The van der Waals surface area contributed by atoms with Crippen molar-refractivity contribution in [3.8, 4) is 17.3 Å². The Bertz CT molecular complexity index is 1650. The number of carbonyl (C=O) groups is 2. The van der Waals surface area contributed by atoms with E-state index in [1.165, 1.54) is 28.8 Å². The lowest BCUT2D eigenvalue weighted by atomic mass is 10.1. The van der Waals surface area contributed by atoms with E-state index in [4.69, 9.17) is 0 Å². The number of aryl methyl sites for hydroxylation is 1. The zero-order valence-electron chi connectivity index (χ0n) is 19.2. The van der Waals surface area contributed by atoms with Gasteiger partial charge in [0.25, 0.3) is 11.1 Å². The average Bonchev–Trinajstić information content (AvgIpc) is 3.33. The van der Waals surface area contributed by atoms with Crippen LogP contribution in [0, 0.1) is 11.6 Å². The van der Waals surface area contributed by atoms with Crippen LogP contribution in [0.5, 0.6) is 11.6 Å². The molecule has 186 valence electrons. The van der Waals surface area contributed by atoms with Crippen LogP contribution in [0.15, 0.2) is 69.7 Å². The SMILES string of the molecule is CCc1ccc(-n2c(O)c(N=Nc3ccc(C=C4SC(=O)NC4=O)cc3O)c3cc(F)cc(F)c32)cc1. The molecule has 0 spiro atoms. The fourth-order valence-electron chi connectivity index (χ4n) is 3.93. The molecule has 0 atom stereocenters. The van der Waals surface area contributed by atoms with Crippen molar-refractivity contribution in [3.05, 3.63) is 82.3 Å². The van der Waals surface area contributed by atoms with Crippen molar-refractivity contribution >= 4 is 51.3 Å². The van der Waals surface area contributed by atoms with E-state index in [0.29, 0.717) is 11.3 Å². The molecule has 1 fully saturated rings. The zero-order chi connectivity index (χ0) is 26.3. The van der Waals surface area contributed by atoms with Crippen LogP contribution >= 0.6 is 11.8 Å². The number of thioether (sulfide) groups is 1. The van der Waals surface area contributed by atoms with E-state index >= 15 is 0 Å². The largest absolute Gasteiger partial charge is 0.506 e. The second-order valence-electron chi connectivity index (χ2n) is 8.11. The van der Waals surface area contributed by atoms with Crippen LogP contribution in [0.25, 0.3) is 22.7 Å². The Balaban J connectivity index is 1.56. The lowest BCUT2D eigenvalue weighted by Gasteiger charge is -2.08. The molecular formula is C26H18F2N4O4S. The molecule has 37 heavy (non-hydrogen) atoms. The van der Waals surface area contributed by atoms with Crippen LogP contribution in [0.3, 0.4) is 0 Å². The molecule has 3 aromatic carbocycles. The maximum absolute atomic E-state index is 14.9. The van der Waals surface area contributed by atoms with E-state index < -0.39 is 28.7 Å². The fourth-order valence-corrected chi connectivity index (χ4v) is 4.61. The summed E-state index contributed by atoms with van der Waals surface area (Å²) in [6, 6.07) is 13.1. The van der Waals surface area contributed by atoms with Crippen molar-refractivity contribution in [2.45, 2.75) is 13.3 Å². The molecule has 11 heteroatoms. The standard InChI is InChI=1S/C26H18F2N4O4S/c1-2-13-3-6-16(7-4-13)32-23-17(11-15(27)12-18(23)28)22(25(32)35)31-30-19-8-5-14(9-20(19)33)10-21-24(34)29-26(36)37-21/h3-12,33,35H,2H2,1H3,(H,29,34,36). The number of phenolic OH excluding ortho intramolecular Hbond substituents is 1. The first-order valence-electron chi connectivity index (χ1n) is 11.1. The Morgan fingerprint density at radius 2 is 1.78 bits per heavy atom. The smallest absolute Gasteiger partial charge is 0.290 e. The Morgan fingerprint density at radius 3 is 2.43 bits per heavy atom. The van der Waals surface area contributed by atoms with E-state index in [-0.39, 0.29) is 32.9 Å². The molecule has 4 aromatic rings. The summed E-state index contributed by atoms with van der Waals surface area (Å²) in [5, 5.41) is 31.0. The van der Waals surface area contributed by atoms with Gasteiger partial charge in [-0.2, -0.15) is 0 Å². The van der Waals surface area contributed by atoms with Gasteiger partial charge in [0.2, 0.25) is 5.88 Å². The van der Waals surface area contributed by atoms with Crippen LogP contribution in [-0.4, -0.2) is 25.9 Å². The molecule has 1 aliphatic rings. The molecule has 3 N–H and O–H groups in total. The summed E-state index contributed by atoms with van der Waals surface area (Å²) < 4.78 is 30.2. The Kier molecular flexibility index (Phi) is 6.22. The number of carbonyl (C=O) groups excluding carboxylic acids is 2. The second kappa shape index (κ2) is 9.51. The third-order valence-electron chi connectivity index (χ3n) is 5.73. The number of fused-ring (bicyclic) bond motifs is 1. The average molecular weight is 521 g/mol. The predicted molar refractivity (Wildman–Crippen MR) is 136 cm³/mol. The highest BCUT2D eigenvalue weighted by Crippen LogP contribution is 2.43. The predicted octanol–water partition coefficient (Wildman–Crippen LogP) is 6.62. The minimum absolute atomic E-state index is 0.00577. The van der Waals surface area contributed by atoms with Gasteiger partial charge in [0.1, 0.15) is 17.3 Å². The number of imide groups is 1. The molecule has 1 aliphatic heterocycles. The summed E-state index contributed by atoms with van der Waals surface area (Å²) >= 11 is 0.740. The molecular weight excluding hydrogens is 502 g/mol. The molecule has 8 nitrogen and oxygen atoms in total. The molecule has 2 heterocycles. The number of benzene rings is 3. The molecule has 2 amide bonds. The summed E-state index contributed by atoms with van der Waals surface area (Å²) in [5.41, 5.74) is 1.66. The third-order valence-corrected chi connectivity index (χ3v) is 6.54. The zero-order valence-corrected chi connectivity index (χ0v) is 20.0. The lowest BCUT2D eigenvalue weighted by molar-refractivity contribution is -0.115. The van der Waals surface area contributed by atoms with Crippen molar-refractivity contribution in [2.75, 3.05) is 0 Å². The van der Waals surface area contributed by atoms with E-state index in [1.54, 1.807) is 12.1 Å². The van der Waals surface area contributed by atoms with Crippen molar-refractivity contribution in [1.82, 2.24) is 9.88 Å². The highest BCUT2D eigenvalue weighted by Gasteiger charge is 2.25. The molecule has 0 unspecified atom stereocenters. The maximum atomic E-state index is 14.9. The van der Waals surface area contributed by atoms with Gasteiger partial charge >= 0.3 is 0 Å². The minimum Gasteiger partial charge on any atom is -0.506 e. The number of aromatic hydroxyl groups is 2. The van der Waals surface area contributed by atoms with Gasteiger partial charge < -0.3 is 10.2 Å². The van der Waals surface area contributed by atoms with E-state index in [2.05, 4.69) is 15.5 Å². The molecule has 0 saturated carbocycles. The Labute approximate surface area is 213 Å². The number of hydrogen-bond acceptors (Lipinski definition) is 7. The third kappa shape index (κ3) is 4.56. The van der Waals surface area contributed by atoms with Crippen LogP contribution in [0.1, 0.15) is 18.1 Å². The highest BCUT2D eigenvalue weighted by molar-refractivity contribution is 8.18. The number of rotatable bonds is 5. The molecule has 0 radical (unpaired) electrons. The fraction of sp³-hybridized carbons (Fsp3) is 0.0769. The molecule has 0 aliphatic carbocycles. The first kappa shape index (κ1) is 24.2. The van der Waals surface area contributed by atoms with E-state index in [9.17, 15) is 28.6 Å². The first-order chi connectivity index (χ1) is 17.7. The summed E-state index contributed by atoms with van der Waals surface area (Å²) in [4.78, 5) is 23.2. The van der Waals surface area contributed by atoms with Gasteiger partial charge in [0, 0.05) is 17.1 Å². The van der Waals surface area contributed by atoms with Crippen molar-refractivity contribution in [2.24, 2.45) is 10.2 Å². The van der Waals surface area contributed by atoms with Gasteiger partial charge in [-0.25, -0.2) is 8.78 Å². The van der Waals surface area contributed by atoms with Crippen LogP contribution in [-0.2, 0) is 11.2 Å². The monoisotopic (exact) mass is 520 g/mol. The van der Waals surface area contributed by atoms with Crippen LogP contribution in [0.4, 0.5) is 25.0 Å². The second-order valence-corrected chi connectivity index (χ2v) is 9.13. The number of aromatic nitrogens is 1. The topological polar surface area (TPSA) is 116 Å². The quantitative estimate of drug-likeness (QED) is 0.202. The van der Waals surface area contributed by atoms with E-state index in [0.717, 1.165) is 35.9 Å². The van der Waals surface area contributed by atoms with Gasteiger partial charge in [-0.05, 0) is 65.7 Å². The summed E-state index contributed by atoms with van der Waals surface area (Å²) in [7, 11) is 0. The number of nitrogens with one attached hydrogen (secondary N) is 1. The maximum Gasteiger partial charge on any atom is 0.290 e. The number of phenols is 1. The molecule has 0 bridgehead atoms. The van der Waals surface area contributed by atoms with Gasteiger partial charge in [-0.3, -0.25) is 19.5 Å². The number of amides is 2. The van der Waals surface area contributed by atoms with Gasteiger partial charge in [0.05, 0.1) is 10.4 Å². The number of azo groups is 1. The van der Waals surface area contributed by atoms with Gasteiger partial charge in [0.15, 0.2) is 11.5 Å². The lowest BCUT2D eigenvalue weighted by Crippen LogP contribution is -2.17.